The smallest absolute Gasteiger partial charge is 0 e. The van der Waals surface area contributed by atoms with Crippen LogP contribution in [0.1, 0.15) is 32.1 Å². The van der Waals surface area contributed by atoms with E-state index in [2.05, 4.69) is 6.42 Å². The number of rotatable bonds is 0. The number of nitrogens with two attached hydrogens (primary N) is 1. The van der Waals surface area contributed by atoms with Gasteiger partial charge in [-0.05, 0) is 0 Å². The zero-order valence-electron chi connectivity index (χ0n) is 5.27. The Morgan fingerprint density at radius 3 is 1.50 bits per heavy atom. The molecule has 2 N–H and O–H groups in total. The molecule has 0 aromatic rings. The first-order chi connectivity index (χ1) is 3.00. The molecule has 0 aliphatic heterocycles. The second-order valence-corrected chi connectivity index (χ2v) is 1.93. The zero-order valence-corrected chi connectivity index (χ0v) is 8.11. The van der Waals surface area contributed by atoms with Crippen LogP contribution in [0.15, 0.2) is 0 Å². The second kappa shape index (κ2) is 8.06. The minimum absolute atomic E-state index is 0. The molecule has 0 spiro atoms. The number of hydrogen-bond acceptors (Lipinski definition) is 0. The summed E-state index contributed by atoms with van der Waals surface area (Å²) in [4.78, 5) is 0. The Morgan fingerprint density at radius 1 is 0.875 bits per heavy atom. The van der Waals surface area contributed by atoms with Crippen LogP contribution in [0.2, 0.25) is 0 Å². The summed E-state index contributed by atoms with van der Waals surface area (Å²) in [5.41, 5.74) is 0. The van der Waals surface area contributed by atoms with Gasteiger partial charge in [0.15, 0.2) is 0 Å². The molecule has 1 radical (unpaired) electrons. The summed E-state index contributed by atoms with van der Waals surface area (Å²) < 4.78 is 0. The normalized spacial score (nSPS) is 18.0. The van der Waals surface area contributed by atoms with Gasteiger partial charge in [0, 0.05) is 32.7 Å². The molecular weight excluding hydrogens is 175 g/mol. The monoisotopic (exact) mass is 188 g/mol. The Kier molecular flexibility index (Phi) is 11.9. The summed E-state index contributed by atoms with van der Waals surface area (Å²) >= 11 is 0. The molecule has 1 fully saturated rings. The van der Waals surface area contributed by atoms with Gasteiger partial charge in [0.1, 0.15) is 0 Å². The van der Waals surface area contributed by atoms with Crippen molar-refractivity contribution in [1.82, 2.24) is 0 Å². The maximum Gasteiger partial charge on any atom is 0 e. The van der Waals surface area contributed by atoms with Crippen LogP contribution < -0.4 is 0 Å². The van der Waals surface area contributed by atoms with E-state index in [1.807, 2.05) is 0 Å². The first-order valence-corrected chi connectivity index (χ1v) is 2.82. The van der Waals surface area contributed by atoms with E-state index < -0.39 is 0 Å². The minimum atomic E-state index is 0. The third-order valence-corrected chi connectivity index (χ3v) is 1.32. The van der Waals surface area contributed by atoms with Crippen molar-refractivity contribution in [3.63, 3.8) is 0 Å². The fraction of sp³-hybridized carbons (Fsp3) is 0.833. The molecule has 0 amide bonds. The molecular formula is C6H13NY-2. The van der Waals surface area contributed by atoms with Crippen molar-refractivity contribution in [3.8, 4) is 0 Å². The molecule has 0 atom stereocenters. The van der Waals surface area contributed by atoms with Crippen LogP contribution in [0.4, 0.5) is 0 Å². The van der Waals surface area contributed by atoms with Crippen molar-refractivity contribution in [2.75, 3.05) is 0 Å². The van der Waals surface area contributed by atoms with E-state index >= 15 is 0 Å². The van der Waals surface area contributed by atoms with Crippen molar-refractivity contribution in [3.05, 3.63) is 12.6 Å². The van der Waals surface area contributed by atoms with E-state index in [9.17, 15) is 0 Å². The molecule has 1 aliphatic rings. The largest absolute Gasteiger partial charge is 0.693 e. The Balaban J connectivity index is 0. The standard InChI is InChI=1S/C6H11.H2N.Y/c1-2-4-6-5-3-1;;/h1H,2-6H2;1H2;/q2*-1;. The van der Waals surface area contributed by atoms with E-state index in [0.717, 1.165) is 0 Å². The molecule has 1 nitrogen and oxygen atoms in total. The Labute approximate surface area is 77.1 Å². The van der Waals surface area contributed by atoms with Gasteiger partial charge in [-0.1, -0.05) is 19.3 Å². The first-order valence-electron chi connectivity index (χ1n) is 2.82. The third-order valence-electron chi connectivity index (χ3n) is 1.32. The van der Waals surface area contributed by atoms with E-state index in [0.29, 0.717) is 0 Å². The fourth-order valence-electron chi connectivity index (χ4n) is 0.898. The Morgan fingerprint density at radius 2 is 1.38 bits per heavy atom. The molecule has 0 unspecified atom stereocenters. The Bertz CT molecular complexity index is 24.0. The molecule has 0 bridgehead atoms. The van der Waals surface area contributed by atoms with Gasteiger partial charge >= 0.3 is 0 Å². The van der Waals surface area contributed by atoms with Gasteiger partial charge in [-0.25, -0.2) is 0 Å². The molecule has 0 aromatic heterocycles. The topological polar surface area (TPSA) is 33.5 Å². The van der Waals surface area contributed by atoms with Gasteiger partial charge in [0.05, 0.1) is 0 Å². The maximum atomic E-state index is 2.39. The summed E-state index contributed by atoms with van der Waals surface area (Å²) in [6, 6.07) is 0. The average Bonchev–Trinajstić information content (AvgIpc) is 1.72. The van der Waals surface area contributed by atoms with E-state index in [4.69, 9.17) is 0 Å². The van der Waals surface area contributed by atoms with Gasteiger partial charge < -0.3 is 12.6 Å². The predicted molar refractivity (Wildman–Crippen MR) is 32.7 cm³/mol. The second-order valence-electron chi connectivity index (χ2n) is 1.93. The van der Waals surface area contributed by atoms with Crippen LogP contribution in [-0.2, 0) is 32.7 Å². The van der Waals surface area contributed by atoms with Gasteiger partial charge in [0.2, 0.25) is 0 Å². The van der Waals surface area contributed by atoms with Crippen LogP contribution >= 0.6 is 0 Å². The molecule has 47 valence electrons. The minimum Gasteiger partial charge on any atom is -0.693 e. The SMILES string of the molecule is [CH-]1CCCCC1.[NH2-].[Y]. The average molecular weight is 188 g/mol. The summed E-state index contributed by atoms with van der Waals surface area (Å²) in [6.07, 6.45) is 9.50. The van der Waals surface area contributed by atoms with E-state index in [1.165, 1.54) is 32.1 Å². The van der Waals surface area contributed by atoms with Crippen LogP contribution in [0.5, 0.6) is 0 Å². The molecule has 0 saturated heterocycles. The van der Waals surface area contributed by atoms with Crippen molar-refractivity contribution in [2.45, 2.75) is 32.1 Å². The van der Waals surface area contributed by atoms with Crippen molar-refractivity contribution >= 4 is 0 Å². The fourth-order valence-corrected chi connectivity index (χ4v) is 0.898. The summed E-state index contributed by atoms with van der Waals surface area (Å²) in [5, 5.41) is 0. The van der Waals surface area contributed by atoms with Gasteiger partial charge in [-0.3, -0.25) is 0 Å². The summed E-state index contributed by atoms with van der Waals surface area (Å²) in [5.74, 6) is 0. The first kappa shape index (κ1) is 11.8. The van der Waals surface area contributed by atoms with Crippen LogP contribution in [0.3, 0.4) is 0 Å². The summed E-state index contributed by atoms with van der Waals surface area (Å²) in [7, 11) is 0. The molecule has 1 saturated carbocycles. The van der Waals surface area contributed by atoms with Crippen molar-refractivity contribution in [1.29, 1.82) is 0 Å². The van der Waals surface area contributed by atoms with E-state index in [-0.39, 0.29) is 38.9 Å². The zero-order chi connectivity index (χ0) is 4.24. The molecule has 1 aliphatic carbocycles. The van der Waals surface area contributed by atoms with Gasteiger partial charge in [-0.2, -0.15) is 12.8 Å². The van der Waals surface area contributed by atoms with Crippen molar-refractivity contribution < 1.29 is 32.7 Å². The summed E-state index contributed by atoms with van der Waals surface area (Å²) in [6.45, 7) is 0. The van der Waals surface area contributed by atoms with Gasteiger partial charge in [0.25, 0.3) is 0 Å². The quantitative estimate of drug-likeness (QED) is 0.523. The molecule has 2 heteroatoms. The van der Waals surface area contributed by atoms with Crippen LogP contribution in [-0.4, -0.2) is 0 Å². The molecule has 0 heterocycles. The Hall–Kier alpha value is 1.06. The van der Waals surface area contributed by atoms with E-state index in [1.54, 1.807) is 0 Å². The molecule has 8 heavy (non-hydrogen) atoms. The van der Waals surface area contributed by atoms with Crippen LogP contribution in [0, 0.1) is 6.42 Å². The van der Waals surface area contributed by atoms with Gasteiger partial charge in [-0.15, -0.1) is 0 Å². The van der Waals surface area contributed by atoms with Crippen LogP contribution in [0.25, 0.3) is 6.15 Å². The van der Waals surface area contributed by atoms with Crippen molar-refractivity contribution in [2.24, 2.45) is 0 Å². The maximum absolute atomic E-state index is 2.39. The third kappa shape index (κ3) is 5.21. The molecule has 1 rings (SSSR count). The molecule has 0 aromatic carbocycles. The predicted octanol–water partition coefficient (Wildman–Crippen LogP) is 2.87. The number of hydrogen-bond donors (Lipinski definition) is 0.